The molecular weight excluding hydrogens is 208 g/mol. The van der Waals surface area contributed by atoms with Crippen molar-refractivity contribution in [3.63, 3.8) is 0 Å². The van der Waals surface area contributed by atoms with E-state index in [9.17, 15) is 0 Å². The Balaban J connectivity index is 1.95. The highest BCUT2D eigenvalue weighted by Crippen LogP contribution is 2.36. The Labute approximate surface area is 107 Å². The molecule has 1 heterocycles. The zero-order valence-corrected chi connectivity index (χ0v) is 12.3. The molecule has 2 aliphatic rings. The molecule has 1 saturated carbocycles. The summed E-state index contributed by atoms with van der Waals surface area (Å²) in [6, 6.07) is 1.46. The normalized spacial score (nSPS) is 30.2. The van der Waals surface area contributed by atoms with Gasteiger partial charge in [-0.1, -0.05) is 6.92 Å². The van der Waals surface area contributed by atoms with Crippen LogP contribution in [0.5, 0.6) is 0 Å². The molecule has 2 fully saturated rings. The predicted octanol–water partition coefficient (Wildman–Crippen LogP) is 3.07. The molecule has 0 aromatic carbocycles. The molecule has 0 aromatic rings. The van der Waals surface area contributed by atoms with Crippen LogP contribution in [0.2, 0.25) is 0 Å². The van der Waals surface area contributed by atoms with Crippen LogP contribution in [-0.2, 0) is 0 Å². The largest absolute Gasteiger partial charge is 0.311 e. The van der Waals surface area contributed by atoms with E-state index in [2.05, 4.69) is 45.3 Å². The monoisotopic (exact) mass is 238 g/mol. The van der Waals surface area contributed by atoms with E-state index < -0.39 is 0 Å². The van der Waals surface area contributed by atoms with Gasteiger partial charge in [-0.25, -0.2) is 0 Å². The molecule has 0 bridgehead atoms. The third kappa shape index (κ3) is 3.69. The van der Waals surface area contributed by atoms with Gasteiger partial charge >= 0.3 is 0 Å². The van der Waals surface area contributed by atoms with Crippen LogP contribution >= 0.6 is 0 Å². The maximum atomic E-state index is 3.94. The van der Waals surface area contributed by atoms with E-state index in [0.29, 0.717) is 6.04 Å². The smallest absolute Gasteiger partial charge is 0.0144 e. The average Bonchev–Trinajstić information content (AvgIpc) is 2.91. The fourth-order valence-electron chi connectivity index (χ4n) is 3.83. The first kappa shape index (κ1) is 13.4. The molecule has 1 atom stereocenters. The number of piperidine rings is 1. The number of hydrogen-bond donors (Lipinski definition) is 2. The summed E-state index contributed by atoms with van der Waals surface area (Å²) < 4.78 is 0. The van der Waals surface area contributed by atoms with Gasteiger partial charge in [-0.15, -0.1) is 0 Å². The summed E-state index contributed by atoms with van der Waals surface area (Å²) in [4.78, 5) is 0. The van der Waals surface area contributed by atoms with Gasteiger partial charge in [-0.3, -0.25) is 0 Å². The van der Waals surface area contributed by atoms with Gasteiger partial charge in [0.05, 0.1) is 0 Å². The van der Waals surface area contributed by atoms with Gasteiger partial charge in [0.2, 0.25) is 0 Å². The molecule has 2 nitrogen and oxygen atoms in total. The van der Waals surface area contributed by atoms with Gasteiger partial charge in [0.25, 0.3) is 0 Å². The second-order valence-electron chi connectivity index (χ2n) is 7.52. The zero-order chi connectivity index (χ0) is 12.7. The molecule has 2 rings (SSSR count). The Bertz CT molecular complexity index is 250. The highest BCUT2D eigenvalue weighted by molar-refractivity contribution is 5.01. The van der Waals surface area contributed by atoms with Crippen LogP contribution < -0.4 is 10.6 Å². The van der Waals surface area contributed by atoms with Crippen LogP contribution in [0, 0.1) is 5.92 Å². The summed E-state index contributed by atoms with van der Waals surface area (Å²) >= 11 is 0. The van der Waals surface area contributed by atoms with Crippen molar-refractivity contribution >= 4 is 0 Å². The predicted molar refractivity (Wildman–Crippen MR) is 74.3 cm³/mol. The summed E-state index contributed by atoms with van der Waals surface area (Å²) in [5, 5.41) is 7.70. The zero-order valence-electron chi connectivity index (χ0n) is 12.3. The average molecular weight is 238 g/mol. The van der Waals surface area contributed by atoms with Crippen molar-refractivity contribution in [2.75, 3.05) is 0 Å². The molecule has 100 valence electrons. The Hall–Kier alpha value is -0.0800. The van der Waals surface area contributed by atoms with Crippen molar-refractivity contribution in [3.05, 3.63) is 0 Å². The van der Waals surface area contributed by atoms with E-state index in [-0.39, 0.29) is 11.1 Å². The Morgan fingerprint density at radius 1 is 1.12 bits per heavy atom. The maximum absolute atomic E-state index is 3.94. The minimum atomic E-state index is 0.265. The van der Waals surface area contributed by atoms with Crippen molar-refractivity contribution in [2.45, 2.75) is 89.9 Å². The van der Waals surface area contributed by atoms with E-state index in [1.807, 2.05) is 0 Å². The van der Waals surface area contributed by atoms with Crippen LogP contribution in [0.3, 0.4) is 0 Å². The third-order valence-electron chi connectivity index (χ3n) is 4.27. The van der Waals surface area contributed by atoms with E-state index >= 15 is 0 Å². The lowest BCUT2D eigenvalue weighted by Gasteiger charge is -2.47. The van der Waals surface area contributed by atoms with E-state index in [0.717, 1.165) is 12.0 Å². The number of nitrogens with one attached hydrogen (secondary N) is 2. The SMILES string of the molecule is CCC(NC1CC(C)(C)NC(C)(C)C1)C1CC1. The van der Waals surface area contributed by atoms with Gasteiger partial charge in [-0.2, -0.15) is 0 Å². The Kier molecular flexibility index (Phi) is 3.57. The van der Waals surface area contributed by atoms with Crippen molar-refractivity contribution in [1.29, 1.82) is 0 Å². The third-order valence-corrected chi connectivity index (χ3v) is 4.27. The first-order valence-corrected chi connectivity index (χ1v) is 7.37. The highest BCUT2D eigenvalue weighted by Gasteiger charge is 2.39. The molecule has 17 heavy (non-hydrogen) atoms. The van der Waals surface area contributed by atoms with Gasteiger partial charge < -0.3 is 10.6 Å². The highest BCUT2D eigenvalue weighted by atomic mass is 15.1. The molecule has 1 unspecified atom stereocenters. The van der Waals surface area contributed by atoms with Gasteiger partial charge in [0.15, 0.2) is 0 Å². The fraction of sp³-hybridized carbons (Fsp3) is 1.00. The summed E-state index contributed by atoms with van der Waals surface area (Å²) in [6.45, 7) is 11.7. The topological polar surface area (TPSA) is 24.1 Å². The second kappa shape index (κ2) is 4.55. The van der Waals surface area contributed by atoms with Crippen LogP contribution in [0.15, 0.2) is 0 Å². The van der Waals surface area contributed by atoms with Crippen molar-refractivity contribution < 1.29 is 0 Å². The minimum absolute atomic E-state index is 0.265. The first-order valence-electron chi connectivity index (χ1n) is 7.37. The molecule has 0 spiro atoms. The summed E-state index contributed by atoms with van der Waals surface area (Å²) in [5.74, 6) is 0.973. The van der Waals surface area contributed by atoms with Crippen molar-refractivity contribution in [1.82, 2.24) is 10.6 Å². The lowest BCUT2D eigenvalue weighted by atomic mass is 9.79. The maximum Gasteiger partial charge on any atom is 0.0144 e. The van der Waals surface area contributed by atoms with E-state index in [1.165, 1.54) is 32.1 Å². The quantitative estimate of drug-likeness (QED) is 0.786. The minimum Gasteiger partial charge on any atom is -0.311 e. The first-order chi connectivity index (χ1) is 7.81. The van der Waals surface area contributed by atoms with E-state index in [4.69, 9.17) is 0 Å². The molecule has 2 heteroatoms. The van der Waals surface area contributed by atoms with Gasteiger partial charge in [-0.05, 0) is 65.7 Å². The van der Waals surface area contributed by atoms with Crippen LogP contribution in [0.4, 0.5) is 0 Å². The molecule has 2 N–H and O–H groups in total. The molecule has 1 aliphatic carbocycles. The number of rotatable bonds is 4. The van der Waals surface area contributed by atoms with Gasteiger partial charge in [0, 0.05) is 23.2 Å². The molecule has 0 amide bonds. The van der Waals surface area contributed by atoms with Crippen LogP contribution in [0.1, 0.15) is 66.7 Å². The molecule has 1 aliphatic heterocycles. The summed E-state index contributed by atoms with van der Waals surface area (Å²) in [6.07, 6.45) is 6.68. The Morgan fingerprint density at radius 2 is 1.65 bits per heavy atom. The molecule has 1 saturated heterocycles. The van der Waals surface area contributed by atoms with Crippen LogP contribution in [-0.4, -0.2) is 23.2 Å². The molecule has 0 radical (unpaired) electrons. The van der Waals surface area contributed by atoms with E-state index in [1.54, 1.807) is 0 Å². The second-order valence-corrected chi connectivity index (χ2v) is 7.52. The summed E-state index contributed by atoms with van der Waals surface area (Å²) in [7, 11) is 0. The number of hydrogen-bond acceptors (Lipinski definition) is 2. The van der Waals surface area contributed by atoms with Crippen molar-refractivity contribution in [2.24, 2.45) is 5.92 Å². The van der Waals surface area contributed by atoms with Crippen LogP contribution in [0.25, 0.3) is 0 Å². The lowest BCUT2D eigenvalue weighted by molar-refractivity contribution is 0.136. The molecular formula is C15H30N2. The standard InChI is InChI=1S/C15H30N2/c1-6-13(11-7-8-11)16-12-9-14(2,3)17-15(4,5)10-12/h11-13,16-17H,6-10H2,1-5H3. The van der Waals surface area contributed by atoms with Gasteiger partial charge in [0.1, 0.15) is 0 Å². The van der Waals surface area contributed by atoms with Crippen molar-refractivity contribution in [3.8, 4) is 0 Å². The Morgan fingerprint density at radius 3 is 2.06 bits per heavy atom. The molecule has 0 aromatic heterocycles. The lowest BCUT2D eigenvalue weighted by Crippen LogP contribution is -2.62. The fourth-order valence-corrected chi connectivity index (χ4v) is 3.83. The summed E-state index contributed by atoms with van der Waals surface area (Å²) in [5.41, 5.74) is 0.530.